The normalized spacial score (nSPS) is 15.7. The molecule has 0 bridgehead atoms. The molecule has 1 aliphatic rings. The maximum Gasteiger partial charge on any atom is 0.137 e. The van der Waals surface area contributed by atoms with E-state index in [1.165, 1.54) is 22.2 Å². The van der Waals surface area contributed by atoms with Crippen LogP contribution in [-0.4, -0.2) is 99.0 Å². The van der Waals surface area contributed by atoms with Crippen molar-refractivity contribution in [3.05, 3.63) is 52.1 Å². The molecule has 1 fully saturated rings. The van der Waals surface area contributed by atoms with Gasteiger partial charge >= 0.3 is 0 Å². The van der Waals surface area contributed by atoms with Gasteiger partial charge in [0, 0.05) is 94.4 Å². The minimum absolute atomic E-state index is 0.123. The second kappa shape index (κ2) is 16.0. The van der Waals surface area contributed by atoms with Crippen molar-refractivity contribution < 1.29 is 19.0 Å². The number of aryl methyl sites for hydroxylation is 1. The number of carbonyl (C=O) groups excluding carboxylic acids is 1. The Balaban J connectivity index is 1.66. The lowest BCUT2D eigenvalue weighted by Gasteiger charge is -2.36. The monoisotopic (exact) mass is 676 g/mol. The molecule has 0 spiro atoms. The molecule has 48 heavy (non-hydrogen) atoms. The minimum atomic E-state index is -0.546. The van der Waals surface area contributed by atoms with E-state index >= 15 is 0 Å². The highest BCUT2D eigenvalue weighted by Gasteiger charge is 2.29. The predicted octanol–water partition coefficient (Wildman–Crippen LogP) is 5.61. The quantitative estimate of drug-likeness (QED) is 0.152. The van der Waals surface area contributed by atoms with Gasteiger partial charge in [-0.1, -0.05) is 19.9 Å². The van der Waals surface area contributed by atoms with Crippen LogP contribution in [0.1, 0.15) is 50.1 Å². The molecular weight excluding hydrogens is 625 g/mol. The molecule has 11 heteroatoms. The number of fused-ring (bicyclic) bond motifs is 1. The van der Waals surface area contributed by atoms with Gasteiger partial charge in [0.2, 0.25) is 0 Å². The highest BCUT2D eigenvalue weighted by atomic mass is 32.1. The second-order valence-corrected chi connectivity index (χ2v) is 14.5. The van der Waals surface area contributed by atoms with Crippen LogP contribution in [0.4, 0.5) is 5.69 Å². The molecule has 10 nitrogen and oxygen atoms in total. The van der Waals surface area contributed by atoms with Crippen molar-refractivity contribution >= 4 is 34.2 Å². The van der Waals surface area contributed by atoms with Crippen molar-refractivity contribution in [3.63, 3.8) is 0 Å². The number of aldehydes is 1. The summed E-state index contributed by atoms with van der Waals surface area (Å²) < 4.78 is 19.4. The average Bonchev–Trinajstić information content (AvgIpc) is 3.68. The third kappa shape index (κ3) is 7.98. The van der Waals surface area contributed by atoms with Gasteiger partial charge in [0.25, 0.3) is 0 Å². The molecule has 0 amide bonds. The smallest absolute Gasteiger partial charge is 0.137 e. The van der Waals surface area contributed by atoms with E-state index < -0.39 is 6.04 Å². The van der Waals surface area contributed by atoms with Gasteiger partial charge in [0.15, 0.2) is 0 Å². The number of aromatic nitrogens is 3. The third-order valence-electron chi connectivity index (χ3n) is 9.35. The molecule has 260 valence electrons. The van der Waals surface area contributed by atoms with Crippen molar-refractivity contribution in [2.75, 3.05) is 72.2 Å². The van der Waals surface area contributed by atoms with Crippen LogP contribution in [0, 0.1) is 5.41 Å². The first kappa shape index (κ1) is 36.1. The van der Waals surface area contributed by atoms with Gasteiger partial charge in [-0.25, -0.2) is 4.98 Å². The molecule has 1 aromatic carbocycles. The zero-order valence-corrected chi connectivity index (χ0v) is 30.4. The third-order valence-corrected chi connectivity index (χ3v) is 10.2. The Morgan fingerprint density at radius 1 is 1.10 bits per heavy atom. The zero-order chi connectivity index (χ0) is 34.4. The number of piperazine rings is 1. The standard InChI is InChI=1S/C37H52N6O4S/c1-8-43-33-10-9-26(32-23-48-34(40-32)18-27(38)22-44)17-29(33)31(20-37(3,4)24-46-6)36(43)30-19-28(21-39-35(30)25(2)47-7)42-13-11-41(12-14-42)15-16-45-5/h9-10,17,19,21-23,25,27H,8,11-16,18,20,24,38H2,1-7H3. The van der Waals surface area contributed by atoms with E-state index in [1.807, 2.05) is 6.20 Å². The van der Waals surface area contributed by atoms with Gasteiger partial charge in [-0.15, -0.1) is 11.3 Å². The molecule has 2 unspecified atom stereocenters. The van der Waals surface area contributed by atoms with E-state index in [1.54, 1.807) is 32.7 Å². The number of pyridine rings is 1. The summed E-state index contributed by atoms with van der Waals surface area (Å²) in [6.45, 7) is 15.8. The number of rotatable bonds is 16. The number of benzene rings is 1. The molecule has 2 N–H and O–H groups in total. The molecule has 3 aromatic heterocycles. The van der Waals surface area contributed by atoms with Crippen LogP contribution in [0.25, 0.3) is 33.4 Å². The van der Waals surface area contributed by atoms with Gasteiger partial charge in [-0.05, 0) is 49.4 Å². The minimum Gasteiger partial charge on any atom is -0.384 e. The topological polar surface area (TPSA) is 108 Å². The summed E-state index contributed by atoms with van der Waals surface area (Å²) in [7, 11) is 5.28. The fourth-order valence-corrected chi connectivity index (χ4v) is 7.69. The first-order valence-electron chi connectivity index (χ1n) is 16.9. The molecule has 2 atom stereocenters. The second-order valence-electron chi connectivity index (χ2n) is 13.5. The van der Waals surface area contributed by atoms with E-state index in [0.29, 0.717) is 13.0 Å². The summed E-state index contributed by atoms with van der Waals surface area (Å²) in [5.74, 6) is 0. The number of carbonyl (C=O) groups is 1. The van der Waals surface area contributed by atoms with E-state index in [2.05, 4.69) is 71.7 Å². The van der Waals surface area contributed by atoms with Gasteiger partial charge in [0.1, 0.15) is 6.29 Å². The van der Waals surface area contributed by atoms with E-state index in [0.717, 1.165) is 91.8 Å². The highest BCUT2D eigenvalue weighted by Crippen LogP contribution is 2.43. The maximum atomic E-state index is 11.2. The summed E-state index contributed by atoms with van der Waals surface area (Å²) >= 11 is 1.54. The summed E-state index contributed by atoms with van der Waals surface area (Å²) in [5.41, 5.74) is 14.5. The number of nitrogens with zero attached hydrogens (tertiary/aromatic N) is 5. The summed E-state index contributed by atoms with van der Waals surface area (Å²) in [5, 5.41) is 4.11. The number of nitrogens with two attached hydrogens (primary N) is 1. The molecule has 4 aromatic rings. The van der Waals surface area contributed by atoms with Crippen LogP contribution in [0.15, 0.2) is 35.8 Å². The van der Waals surface area contributed by atoms with Gasteiger partial charge in [-0.2, -0.15) is 0 Å². The number of hydrogen-bond acceptors (Lipinski definition) is 10. The van der Waals surface area contributed by atoms with Crippen LogP contribution in [-0.2, 0) is 38.4 Å². The Kier molecular flexibility index (Phi) is 12.0. The largest absolute Gasteiger partial charge is 0.384 e. The van der Waals surface area contributed by atoms with Crippen LogP contribution < -0.4 is 10.6 Å². The van der Waals surface area contributed by atoms with E-state index in [9.17, 15) is 4.79 Å². The number of hydrogen-bond donors (Lipinski definition) is 1. The average molecular weight is 677 g/mol. The predicted molar refractivity (Wildman–Crippen MR) is 195 cm³/mol. The molecule has 1 aliphatic heterocycles. The number of anilines is 1. The van der Waals surface area contributed by atoms with Gasteiger partial charge in [0.05, 0.1) is 59.3 Å². The molecule has 1 saturated heterocycles. The fourth-order valence-electron chi connectivity index (χ4n) is 6.82. The van der Waals surface area contributed by atoms with Crippen molar-refractivity contribution in [2.24, 2.45) is 11.1 Å². The fraction of sp³-hybridized carbons (Fsp3) is 0.541. The molecule has 0 saturated carbocycles. The van der Waals surface area contributed by atoms with Crippen LogP contribution in [0.2, 0.25) is 0 Å². The SMILES string of the molecule is CCn1c(-c2cc(N3CCN(CCOC)CC3)cnc2C(C)OC)c(CC(C)(C)COC)c2cc(-c3csc(CC(N)C=O)n3)ccc21. The Morgan fingerprint density at radius 3 is 2.54 bits per heavy atom. The van der Waals surface area contributed by atoms with E-state index in [4.69, 9.17) is 29.9 Å². The molecule has 5 rings (SSSR count). The van der Waals surface area contributed by atoms with Gasteiger partial charge in [-0.3, -0.25) is 9.88 Å². The van der Waals surface area contributed by atoms with Crippen LogP contribution in [0.5, 0.6) is 0 Å². The zero-order valence-electron chi connectivity index (χ0n) is 29.6. The van der Waals surface area contributed by atoms with E-state index in [-0.39, 0.29) is 11.5 Å². The summed E-state index contributed by atoms with van der Waals surface area (Å²) in [4.78, 5) is 26.0. The number of methoxy groups -OCH3 is 3. The van der Waals surface area contributed by atoms with Crippen molar-refractivity contribution in [1.82, 2.24) is 19.4 Å². The Bertz CT molecular complexity index is 1680. The maximum absolute atomic E-state index is 11.2. The lowest BCUT2D eigenvalue weighted by molar-refractivity contribution is -0.108. The molecule has 0 aliphatic carbocycles. The molecule has 4 heterocycles. The number of ether oxygens (including phenoxy) is 3. The highest BCUT2D eigenvalue weighted by molar-refractivity contribution is 7.10. The molecule has 0 radical (unpaired) electrons. The van der Waals surface area contributed by atoms with Crippen molar-refractivity contribution in [2.45, 2.75) is 59.2 Å². The summed E-state index contributed by atoms with van der Waals surface area (Å²) in [6.07, 6.45) is 3.85. The van der Waals surface area contributed by atoms with Crippen LogP contribution >= 0.6 is 11.3 Å². The summed E-state index contributed by atoms with van der Waals surface area (Å²) in [6, 6.07) is 8.43. The van der Waals surface area contributed by atoms with Crippen molar-refractivity contribution in [1.29, 1.82) is 0 Å². The Hall–Kier alpha value is -3.19. The lowest BCUT2D eigenvalue weighted by atomic mass is 9.84. The van der Waals surface area contributed by atoms with Crippen LogP contribution in [0.3, 0.4) is 0 Å². The molecular formula is C37H52N6O4S. The van der Waals surface area contributed by atoms with Crippen molar-refractivity contribution in [3.8, 4) is 22.5 Å². The first-order valence-corrected chi connectivity index (χ1v) is 17.8. The number of thiazole rings is 1. The Labute approximate surface area is 289 Å². The lowest BCUT2D eigenvalue weighted by Crippen LogP contribution is -2.47. The Morgan fingerprint density at radius 2 is 1.88 bits per heavy atom. The van der Waals surface area contributed by atoms with Gasteiger partial charge < -0.3 is 34.2 Å². The first-order chi connectivity index (χ1) is 23.1.